The Morgan fingerprint density at radius 1 is 1.08 bits per heavy atom. The van der Waals surface area contributed by atoms with Gasteiger partial charge in [-0.15, -0.1) is 0 Å². The van der Waals surface area contributed by atoms with Gasteiger partial charge in [-0.25, -0.2) is 4.79 Å². The summed E-state index contributed by atoms with van der Waals surface area (Å²) in [6.45, 7) is 11.8. The number of likely N-dealkylation sites (tertiary alicyclic amines) is 1. The van der Waals surface area contributed by atoms with E-state index in [1.165, 1.54) is 0 Å². The standard InChI is InChI=1S/C20H30N2O3/c1-19(2,3)21-17(23)16-12-15(14-10-8-7-9-11-14)13-22(16)18(24)25-20(4,5)6/h7-11,15-16H,12-13H2,1-6H3,(H,21,23)/t15-,16+/m1/s1. The molecular weight excluding hydrogens is 316 g/mol. The second-order valence-electron chi connectivity index (χ2n) is 8.73. The molecule has 0 spiro atoms. The van der Waals surface area contributed by atoms with Crippen LogP contribution in [-0.2, 0) is 9.53 Å². The van der Waals surface area contributed by atoms with Crippen LogP contribution in [0.15, 0.2) is 30.3 Å². The van der Waals surface area contributed by atoms with Crippen LogP contribution in [-0.4, -0.2) is 40.6 Å². The summed E-state index contributed by atoms with van der Waals surface area (Å²) in [5.41, 5.74) is 0.205. The van der Waals surface area contributed by atoms with Gasteiger partial charge < -0.3 is 10.1 Å². The third kappa shape index (κ3) is 5.48. The van der Waals surface area contributed by atoms with Crippen molar-refractivity contribution in [3.05, 3.63) is 35.9 Å². The van der Waals surface area contributed by atoms with Crippen molar-refractivity contribution in [2.24, 2.45) is 0 Å². The molecule has 1 fully saturated rings. The van der Waals surface area contributed by atoms with Crippen molar-refractivity contribution in [3.8, 4) is 0 Å². The summed E-state index contributed by atoms with van der Waals surface area (Å²) in [4.78, 5) is 27.0. The molecule has 1 N–H and O–H groups in total. The minimum absolute atomic E-state index is 0.128. The summed E-state index contributed by atoms with van der Waals surface area (Å²) in [6.07, 6.45) is 0.172. The Hall–Kier alpha value is -2.04. The Morgan fingerprint density at radius 2 is 1.68 bits per heavy atom. The molecule has 0 radical (unpaired) electrons. The molecule has 1 aromatic rings. The molecule has 1 heterocycles. The molecule has 5 heteroatoms. The quantitative estimate of drug-likeness (QED) is 0.888. The largest absolute Gasteiger partial charge is 0.444 e. The summed E-state index contributed by atoms with van der Waals surface area (Å²) >= 11 is 0. The monoisotopic (exact) mass is 346 g/mol. The van der Waals surface area contributed by atoms with Crippen LogP contribution in [0, 0.1) is 0 Å². The molecule has 2 rings (SSSR count). The second-order valence-corrected chi connectivity index (χ2v) is 8.73. The molecule has 1 aliphatic rings. The Balaban J connectivity index is 2.22. The van der Waals surface area contributed by atoms with E-state index in [9.17, 15) is 9.59 Å². The van der Waals surface area contributed by atoms with Crippen LogP contribution in [0.2, 0.25) is 0 Å². The fourth-order valence-corrected chi connectivity index (χ4v) is 3.03. The second kappa shape index (κ2) is 7.06. The fourth-order valence-electron chi connectivity index (χ4n) is 3.03. The maximum atomic E-state index is 12.8. The highest BCUT2D eigenvalue weighted by Crippen LogP contribution is 2.33. The molecule has 25 heavy (non-hydrogen) atoms. The molecular formula is C20H30N2O3. The van der Waals surface area contributed by atoms with Crippen LogP contribution in [0.5, 0.6) is 0 Å². The first kappa shape index (κ1) is 19.3. The van der Waals surface area contributed by atoms with Crippen molar-refractivity contribution in [3.63, 3.8) is 0 Å². The molecule has 0 unspecified atom stereocenters. The number of hydrogen-bond acceptors (Lipinski definition) is 3. The van der Waals surface area contributed by atoms with Crippen molar-refractivity contribution >= 4 is 12.0 Å². The summed E-state index contributed by atoms with van der Waals surface area (Å²) < 4.78 is 5.52. The van der Waals surface area contributed by atoms with E-state index in [1.54, 1.807) is 4.90 Å². The molecule has 5 nitrogen and oxygen atoms in total. The number of carbonyl (C=O) groups is 2. The van der Waals surface area contributed by atoms with Gasteiger partial charge in [0.1, 0.15) is 11.6 Å². The van der Waals surface area contributed by atoms with E-state index < -0.39 is 17.7 Å². The lowest BCUT2D eigenvalue weighted by Crippen LogP contribution is -2.52. The average Bonchev–Trinajstić information content (AvgIpc) is 2.90. The van der Waals surface area contributed by atoms with Crippen LogP contribution in [0.4, 0.5) is 4.79 Å². The van der Waals surface area contributed by atoms with Crippen LogP contribution in [0.25, 0.3) is 0 Å². The van der Waals surface area contributed by atoms with Gasteiger partial charge in [-0.1, -0.05) is 30.3 Å². The van der Waals surface area contributed by atoms with Crippen LogP contribution < -0.4 is 5.32 Å². The number of ether oxygens (including phenoxy) is 1. The van der Waals surface area contributed by atoms with Gasteiger partial charge in [0.25, 0.3) is 0 Å². The van der Waals surface area contributed by atoms with Gasteiger partial charge >= 0.3 is 6.09 Å². The number of nitrogens with zero attached hydrogens (tertiary/aromatic N) is 1. The maximum absolute atomic E-state index is 12.8. The Labute approximate surface area is 150 Å². The number of benzene rings is 1. The molecule has 0 saturated carbocycles. The zero-order valence-electron chi connectivity index (χ0n) is 16.1. The van der Waals surface area contributed by atoms with E-state index in [-0.39, 0.29) is 17.4 Å². The van der Waals surface area contributed by atoms with Crippen LogP contribution in [0.1, 0.15) is 59.4 Å². The first-order chi connectivity index (χ1) is 11.5. The van der Waals surface area contributed by atoms with Gasteiger partial charge in [-0.05, 0) is 53.5 Å². The van der Waals surface area contributed by atoms with Crippen molar-refractivity contribution in [2.75, 3.05) is 6.54 Å². The fraction of sp³-hybridized carbons (Fsp3) is 0.600. The summed E-state index contributed by atoms with van der Waals surface area (Å²) in [5.74, 6) is 0.00114. The summed E-state index contributed by atoms with van der Waals surface area (Å²) in [5, 5.41) is 2.99. The zero-order chi connectivity index (χ0) is 18.8. The van der Waals surface area contributed by atoms with Gasteiger partial charge in [-0.3, -0.25) is 9.69 Å². The number of carbonyl (C=O) groups excluding carboxylic acids is 2. The first-order valence-corrected chi connectivity index (χ1v) is 8.83. The van der Waals surface area contributed by atoms with Crippen molar-refractivity contribution in [1.29, 1.82) is 0 Å². The SMILES string of the molecule is CC(C)(C)NC(=O)[C@@H]1C[C@@H](c2ccccc2)CN1C(=O)OC(C)(C)C. The molecule has 0 aliphatic carbocycles. The zero-order valence-corrected chi connectivity index (χ0v) is 16.1. The molecule has 2 atom stereocenters. The molecule has 0 bridgehead atoms. The molecule has 2 amide bonds. The predicted molar refractivity (Wildman–Crippen MR) is 98.4 cm³/mol. The maximum Gasteiger partial charge on any atom is 0.410 e. The van der Waals surface area contributed by atoms with Crippen molar-refractivity contribution in [2.45, 2.75) is 71.1 Å². The van der Waals surface area contributed by atoms with E-state index >= 15 is 0 Å². The Kier molecular flexibility index (Phi) is 5.45. The Bertz CT molecular complexity index is 578. The number of amides is 2. The topological polar surface area (TPSA) is 58.6 Å². The summed E-state index contributed by atoms with van der Waals surface area (Å²) in [6, 6.07) is 9.50. The Morgan fingerprint density at radius 3 is 2.20 bits per heavy atom. The lowest BCUT2D eigenvalue weighted by molar-refractivity contribution is -0.126. The first-order valence-electron chi connectivity index (χ1n) is 8.83. The van der Waals surface area contributed by atoms with Crippen LogP contribution >= 0.6 is 0 Å². The van der Waals surface area contributed by atoms with Crippen molar-refractivity contribution < 1.29 is 14.3 Å². The summed E-state index contributed by atoms with van der Waals surface area (Å²) in [7, 11) is 0. The van der Waals surface area contributed by atoms with E-state index in [2.05, 4.69) is 5.32 Å². The number of nitrogens with one attached hydrogen (secondary N) is 1. The minimum Gasteiger partial charge on any atom is -0.444 e. The highest BCUT2D eigenvalue weighted by atomic mass is 16.6. The minimum atomic E-state index is -0.590. The van der Waals surface area contributed by atoms with Gasteiger partial charge in [0, 0.05) is 18.0 Å². The van der Waals surface area contributed by atoms with Crippen molar-refractivity contribution in [1.82, 2.24) is 10.2 Å². The van der Waals surface area contributed by atoms with Crippen LogP contribution in [0.3, 0.4) is 0 Å². The molecule has 138 valence electrons. The van der Waals surface area contributed by atoms with E-state index in [1.807, 2.05) is 71.9 Å². The molecule has 1 saturated heterocycles. The van der Waals surface area contributed by atoms with Gasteiger partial charge in [0.15, 0.2) is 0 Å². The van der Waals surface area contributed by atoms with E-state index in [4.69, 9.17) is 4.74 Å². The molecule has 0 aromatic heterocycles. The number of rotatable bonds is 2. The lowest BCUT2D eigenvalue weighted by Gasteiger charge is -2.30. The molecule has 1 aromatic carbocycles. The third-order valence-electron chi connectivity index (χ3n) is 4.00. The van der Waals surface area contributed by atoms with E-state index in [0.717, 1.165) is 5.56 Å². The lowest BCUT2D eigenvalue weighted by atomic mass is 9.96. The van der Waals surface area contributed by atoms with E-state index in [0.29, 0.717) is 13.0 Å². The van der Waals surface area contributed by atoms with Gasteiger partial charge in [0.05, 0.1) is 0 Å². The highest BCUT2D eigenvalue weighted by molar-refractivity contribution is 5.87. The normalized spacial score (nSPS) is 21.1. The average molecular weight is 346 g/mol. The van der Waals surface area contributed by atoms with Gasteiger partial charge in [-0.2, -0.15) is 0 Å². The smallest absolute Gasteiger partial charge is 0.410 e. The highest BCUT2D eigenvalue weighted by Gasteiger charge is 2.42. The predicted octanol–water partition coefficient (Wildman–Crippen LogP) is 3.69. The third-order valence-corrected chi connectivity index (χ3v) is 4.00. The van der Waals surface area contributed by atoms with Gasteiger partial charge in [0.2, 0.25) is 5.91 Å². The molecule has 1 aliphatic heterocycles. The number of hydrogen-bond donors (Lipinski definition) is 1.